The van der Waals surface area contributed by atoms with Crippen LogP contribution >= 0.6 is 8.03 Å². The summed E-state index contributed by atoms with van der Waals surface area (Å²) in [5, 5.41) is 0. The van der Waals surface area contributed by atoms with E-state index < -0.39 is 8.03 Å². The molecule has 0 rings (SSSR count). The monoisotopic (exact) mass is 202 g/mol. The number of hydrogen-bond acceptors (Lipinski definition) is 2. The summed E-state index contributed by atoms with van der Waals surface area (Å²) in [5.74, 6) is 0. The van der Waals surface area contributed by atoms with Gasteiger partial charge in [0.1, 0.15) is 0 Å². The minimum atomic E-state index is -1.67. The van der Waals surface area contributed by atoms with E-state index in [-0.39, 0.29) is 29.6 Å². The second-order valence-corrected chi connectivity index (χ2v) is 4.37. The molecule has 0 aliphatic carbocycles. The van der Waals surface area contributed by atoms with Gasteiger partial charge in [0.15, 0.2) is 8.03 Å². The third kappa shape index (κ3) is 11.2. The van der Waals surface area contributed by atoms with Crippen LogP contribution in [0, 0.1) is 0 Å². The molecule has 1 unspecified atom stereocenters. The van der Waals surface area contributed by atoms with Crippen molar-refractivity contribution in [1.29, 1.82) is 0 Å². The first-order valence-electron chi connectivity index (χ1n) is 4.46. The molecule has 2 nitrogen and oxygen atoms in total. The van der Waals surface area contributed by atoms with E-state index in [9.17, 15) is 4.57 Å². The van der Waals surface area contributed by atoms with Crippen LogP contribution in [0.2, 0.25) is 0 Å². The van der Waals surface area contributed by atoms with Gasteiger partial charge in [0.05, 0.1) is 6.61 Å². The molecule has 0 aliphatic rings. The Morgan fingerprint density at radius 3 is 2.33 bits per heavy atom. The Balaban J connectivity index is 0. The van der Waals surface area contributed by atoms with Crippen LogP contribution < -0.4 is 0 Å². The van der Waals surface area contributed by atoms with Gasteiger partial charge in [-0.1, -0.05) is 33.1 Å². The van der Waals surface area contributed by atoms with Crippen molar-refractivity contribution in [3.05, 3.63) is 0 Å². The first-order valence-corrected chi connectivity index (χ1v) is 5.99. The quantitative estimate of drug-likeness (QED) is 0.360. The summed E-state index contributed by atoms with van der Waals surface area (Å²) in [7, 11) is -1.67. The van der Waals surface area contributed by atoms with Gasteiger partial charge in [-0.25, -0.2) is 0 Å². The zero-order valence-electron chi connectivity index (χ0n) is 7.56. The van der Waals surface area contributed by atoms with Crippen LogP contribution in [0.3, 0.4) is 0 Å². The maximum atomic E-state index is 10.8. The molecule has 0 N–H and O–H groups in total. The van der Waals surface area contributed by atoms with Crippen LogP contribution in [0.1, 0.15) is 39.5 Å². The van der Waals surface area contributed by atoms with Crippen molar-refractivity contribution in [2.45, 2.75) is 39.5 Å². The van der Waals surface area contributed by atoms with Crippen molar-refractivity contribution < 1.29 is 9.09 Å². The minimum absolute atomic E-state index is 0. The van der Waals surface area contributed by atoms with E-state index in [0.717, 1.165) is 6.42 Å². The third-order valence-corrected chi connectivity index (χ3v) is 2.65. The molecular weight excluding hydrogens is 182 g/mol. The van der Waals surface area contributed by atoms with E-state index in [4.69, 9.17) is 4.52 Å². The Morgan fingerprint density at radius 2 is 1.83 bits per heavy atom. The fourth-order valence-electron chi connectivity index (χ4n) is 0.817. The molecule has 12 heavy (non-hydrogen) atoms. The van der Waals surface area contributed by atoms with Crippen molar-refractivity contribution in [2.24, 2.45) is 0 Å². The molecule has 0 saturated carbocycles. The molecule has 0 aliphatic heterocycles. The first-order chi connectivity index (χ1) is 5.31. The fourth-order valence-corrected chi connectivity index (χ4v) is 1.39. The summed E-state index contributed by atoms with van der Waals surface area (Å²) in [6, 6.07) is 0. The van der Waals surface area contributed by atoms with Crippen molar-refractivity contribution >= 4 is 37.6 Å². The SMILES string of the molecule is CCCCCCO[PH](=O)CC.[NaH]. The van der Waals surface area contributed by atoms with E-state index in [1.54, 1.807) is 0 Å². The van der Waals surface area contributed by atoms with Crippen molar-refractivity contribution in [3.8, 4) is 0 Å². The molecule has 0 aromatic heterocycles. The summed E-state index contributed by atoms with van der Waals surface area (Å²) in [6.07, 6.45) is 5.44. The molecule has 4 heteroatoms. The van der Waals surface area contributed by atoms with E-state index in [1.807, 2.05) is 6.92 Å². The average molecular weight is 202 g/mol. The predicted molar refractivity (Wildman–Crippen MR) is 56.8 cm³/mol. The van der Waals surface area contributed by atoms with Crippen molar-refractivity contribution in [2.75, 3.05) is 12.8 Å². The Kier molecular flexibility index (Phi) is 15.9. The van der Waals surface area contributed by atoms with Gasteiger partial charge in [-0.05, 0) is 6.42 Å². The second kappa shape index (κ2) is 12.2. The first kappa shape index (κ1) is 15.7. The molecule has 0 radical (unpaired) electrons. The van der Waals surface area contributed by atoms with Crippen LogP contribution in [0.4, 0.5) is 0 Å². The number of hydrogen-bond donors (Lipinski definition) is 0. The third-order valence-electron chi connectivity index (χ3n) is 1.55. The molecule has 0 aromatic carbocycles. The van der Waals surface area contributed by atoms with Gasteiger partial charge in [0.2, 0.25) is 0 Å². The molecule has 0 amide bonds. The predicted octanol–water partition coefficient (Wildman–Crippen LogP) is 2.43. The molecule has 0 spiro atoms. The summed E-state index contributed by atoms with van der Waals surface area (Å²) < 4.78 is 15.9. The van der Waals surface area contributed by atoms with Gasteiger partial charge in [-0.3, -0.25) is 4.57 Å². The molecule has 0 fully saturated rings. The summed E-state index contributed by atoms with van der Waals surface area (Å²) in [5.41, 5.74) is 0. The Labute approximate surface area is 98.6 Å². The van der Waals surface area contributed by atoms with Crippen LogP contribution in [-0.4, -0.2) is 42.3 Å². The average Bonchev–Trinajstić information content (AvgIpc) is 2.04. The van der Waals surface area contributed by atoms with E-state index in [0.29, 0.717) is 12.8 Å². The van der Waals surface area contributed by atoms with Gasteiger partial charge in [-0.2, -0.15) is 0 Å². The molecular formula is C8H20NaO2P. The molecule has 0 aromatic rings. The van der Waals surface area contributed by atoms with Gasteiger partial charge >= 0.3 is 29.6 Å². The van der Waals surface area contributed by atoms with Crippen LogP contribution in [0.15, 0.2) is 0 Å². The number of unbranched alkanes of at least 4 members (excludes halogenated alkanes) is 3. The molecule has 0 bridgehead atoms. The van der Waals surface area contributed by atoms with E-state index in [2.05, 4.69) is 6.92 Å². The Bertz CT molecular complexity index is 109. The maximum absolute atomic E-state index is 10.8. The zero-order chi connectivity index (χ0) is 8.53. The zero-order valence-corrected chi connectivity index (χ0v) is 8.56. The van der Waals surface area contributed by atoms with Gasteiger partial charge in [0, 0.05) is 6.16 Å². The molecule has 0 heterocycles. The summed E-state index contributed by atoms with van der Waals surface area (Å²) >= 11 is 0. The van der Waals surface area contributed by atoms with E-state index in [1.165, 1.54) is 19.3 Å². The summed E-state index contributed by atoms with van der Waals surface area (Å²) in [4.78, 5) is 0. The van der Waals surface area contributed by atoms with Gasteiger partial charge in [0.25, 0.3) is 0 Å². The van der Waals surface area contributed by atoms with Crippen molar-refractivity contribution in [3.63, 3.8) is 0 Å². The molecule has 1 atom stereocenters. The van der Waals surface area contributed by atoms with Crippen LogP contribution in [0.5, 0.6) is 0 Å². The van der Waals surface area contributed by atoms with Crippen LogP contribution in [0.25, 0.3) is 0 Å². The Morgan fingerprint density at radius 1 is 1.17 bits per heavy atom. The molecule has 70 valence electrons. The topological polar surface area (TPSA) is 26.3 Å². The van der Waals surface area contributed by atoms with Gasteiger partial charge in [-0.15, -0.1) is 0 Å². The fraction of sp³-hybridized carbons (Fsp3) is 1.00. The second-order valence-electron chi connectivity index (χ2n) is 2.63. The standard InChI is InChI=1S/C8H19O2P.Na.H/c1-3-5-6-7-8-10-11(9)4-2;;/h11H,3-8H2,1-2H3;;. The number of rotatable bonds is 7. The van der Waals surface area contributed by atoms with Crippen molar-refractivity contribution in [1.82, 2.24) is 0 Å². The normalized spacial score (nSPS) is 12.2. The molecule has 0 saturated heterocycles. The van der Waals surface area contributed by atoms with E-state index >= 15 is 0 Å². The van der Waals surface area contributed by atoms with Gasteiger partial charge < -0.3 is 4.52 Å². The Hall–Kier alpha value is 1.19. The summed E-state index contributed by atoms with van der Waals surface area (Å²) in [6.45, 7) is 4.76. The van der Waals surface area contributed by atoms with Crippen LogP contribution in [-0.2, 0) is 9.09 Å².